The molecule has 0 aliphatic carbocycles. The average Bonchev–Trinajstić information content (AvgIpc) is 2.38. The number of aromatic carboxylic acids is 1. The van der Waals surface area contributed by atoms with Gasteiger partial charge in [-0.15, -0.1) is 11.8 Å². The van der Waals surface area contributed by atoms with Crippen molar-refractivity contribution in [3.8, 4) is 0 Å². The number of carboxylic acid groups (broad SMARTS) is 1. The maximum Gasteiger partial charge on any atom is 0.335 e. The Bertz CT molecular complexity index is 621. The van der Waals surface area contributed by atoms with Gasteiger partial charge in [0.1, 0.15) is 5.82 Å². The molecular formula is C13H9ClFNO2S. The third-order valence-electron chi connectivity index (χ3n) is 2.37. The van der Waals surface area contributed by atoms with Crippen molar-refractivity contribution < 1.29 is 14.3 Å². The van der Waals surface area contributed by atoms with Crippen LogP contribution in [0.5, 0.6) is 0 Å². The van der Waals surface area contributed by atoms with Crippen LogP contribution in [0.2, 0.25) is 5.02 Å². The van der Waals surface area contributed by atoms with Crippen molar-refractivity contribution in [1.82, 2.24) is 4.98 Å². The highest BCUT2D eigenvalue weighted by Gasteiger charge is 2.07. The van der Waals surface area contributed by atoms with E-state index >= 15 is 0 Å². The van der Waals surface area contributed by atoms with E-state index in [4.69, 9.17) is 16.7 Å². The first-order chi connectivity index (χ1) is 9.06. The van der Waals surface area contributed by atoms with E-state index < -0.39 is 5.97 Å². The molecular weight excluding hydrogens is 289 g/mol. The number of rotatable bonds is 4. The second-order valence-electron chi connectivity index (χ2n) is 3.71. The summed E-state index contributed by atoms with van der Waals surface area (Å²) in [5, 5.41) is 9.74. The summed E-state index contributed by atoms with van der Waals surface area (Å²) < 4.78 is 13.5. The van der Waals surface area contributed by atoms with Crippen LogP contribution in [-0.4, -0.2) is 16.1 Å². The molecule has 0 atom stereocenters. The lowest BCUT2D eigenvalue weighted by Crippen LogP contribution is -1.97. The summed E-state index contributed by atoms with van der Waals surface area (Å²) in [5.74, 6) is -1.03. The van der Waals surface area contributed by atoms with Crippen molar-refractivity contribution in [2.75, 3.05) is 0 Å². The van der Waals surface area contributed by atoms with Crippen molar-refractivity contribution in [3.05, 3.63) is 58.5 Å². The van der Waals surface area contributed by atoms with Crippen molar-refractivity contribution in [1.29, 1.82) is 0 Å². The molecule has 2 rings (SSSR count). The van der Waals surface area contributed by atoms with Gasteiger partial charge in [-0.05, 0) is 29.8 Å². The maximum absolute atomic E-state index is 13.5. The molecule has 1 aromatic carbocycles. The first kappa shape index (κ1) is 13.8. The van der Waals surface area contributed by atoms with E-state index in [1.54, 1.807) is 12.1 Å². The van der Waals surface area contributed by atoms with Gasteiger partial charge in [0.2, 0.25) is 0 Å². The number of hydrogen-bond donors (Lipinski definition) is 1. The Morgan fingerprint density at radius 2 is 2.16 bits per heavy atom. The minimum Gasteiger partial charge on any atom is -0.478 e. The molecule has 3 nitrogen and oxygen atoms in total. The molecule has 98 valence electrons. The molecule has 0 amide bonds. The molecule has 1 aromatic heterocycles. The maximum atomic E-state index is 13.5. The van der Waals surface area contributed by atoms with Crippen LogP contribution in [-0.2, 0) is 5.75 Å². The average molecular weight is 298 g/mol. The van der Waals surface area contributed by atoms with E-state index in [9.17, 15) is 9.18 Å². The van der Waals surface area contributed by atoms with Gasteiger partial charge in [0, 0.05) is 17.0 Å². The van der Waals surface area contributed by atoms with E-state index in [1.807, 2.05) is 0 Å². The quantitative estimate of drug-likeness (QED) is 0.871. The topological polar surface area (TPSA) is 50.2 Å². The zero-order chi connectivity index (χ0) is 13.8. The van der Waals surface area contributed by atoms with E-state index in [0.29, 0.717) is 21.4 Å². The fourth-order valence-corrected chi connectivity index (χ4v) is 2.45. The smallest absolute Gasteiger partial charge is 0.335 e. The van der Waals surface area contributed by atoms with Crippen molar-refractivity contribution in [2.24, 2.45) is 0 Å². The Kier molecular flexibility index (Phi) is 4.39. The summed E-state index contributed by atoms with van der Waals surface area (Å²) in [6.07, 6.45) is 1.42. The third kappa shape index (κ3) is 3.68. The lowest BCUT2D eigenvalue weighted by atomic mass is 10.2. The molecule has 2 aromatic rings. The number of aromatic nitrogens is 1. The number of carbonyl (C=O) groups is 1. The second-order valence-corrected chi connectivity index (χ2v) is 5.14. The predicted molar refractivity (Wildman–Crippen MR) is 72.2 cm³/mol. The van der Waals surface area contributed by atoms with Gasteiger partial charge in [-0.25, -0.2) is 14.2 Å². The molecule has 0 aliphatic rings. The highest BCUT2D eigenvalue weighted by atomic mass is 35.5. The molecule has 0 radical (unpaired) electrons. The van der Waals surface area contributed by atoms with Gasteiger partial charge in [-0.2, -0.15) is 0 Å². The van der Waals surface area contributed by atoms with Crippen LogP contribution in [0.4, 0.5) is 4.39 Å². The van der Waals surface area contributed by atoms with E-state index in [1.165, 1.54) is 36.2 Å². The largest absolute Gasteiger partial charge is 0.478 e. The van der Waals surface area contributed by atoms with Gasteiger partial charge in [0.15, 0.2) is 0 Å². The van der Waals surface area contributed by atoms with Gasteiger partial charge in [-0.3, -0.25) is 0 Å². The Hall–Kier alpha value is -1.59. The van der Waals surface area contributed by atoms with Crippen LogP contribution in [0.25, 0.3) is 0 Å². The normalized spacial score (nSPS) is 10.4. The lowest BCUT2D eigenvalue weighted by molar-refractivity contribution is 0.0696. The Balaban J connectivity index is 2.10. The second kappa shape index (κ2) is 6.04. The Labute approximate surface area is 118 Å². The lowest BCUT2D eigenvalue weighted by Gasteiger charge is -2.04. The van der Waals surface area contributed by atoms with Crippen LogP contribution in [0.1, 0.15) is 15.9 Å². The Morgan fingerprint density at radius 3 is 2.84 bits per heavy atom. The van der Waals surface area contributed by atoms with Gasteiger partial charge in [0.05, 0.1) is 10.6 Å². The van der Waals surface area contributed by atoms with E-state index in [-0.39, 0.29) is 11.4 Å². The van der Waals surface area contributed by atoms with Crippen LogP contribution in [0.3, 0.4) is 0 Å². The first-order valence-corrected chi connectivity index (χ1v) is 6.68. The van der Waals surface area contributed by atoms with Crippen molar-refractivity contribution in [2.45, 2.75) is 10.8 Å². The van der Waals surface area contributed by atoms with Crippen LogP contribution in [0, 0.1) is 5.82 Å². The van der Waals surface area contributed by atoms with E-state index in [2.05, 4.69) is 4.98 Å². The number of halogens is 2. The molecule has 0 spiro atoms. The molecule has 0 aliphatic heterocycles. The predicted octanol–water partition coefficient (Wildman–Crippen LogP) is 3.86. The molecule has 0 saturated carbocycles. The van der Waals surface area contributed by atoms with Crippen LogP contribution >= 0.6 is 23.4 Å². The first-order valence-electron chi connectivity index (χ1n) is 5.32. The summed E-state index contributed by atoms with van der Waals surface area (Å²) in [6.45, 7) is 0. The fraction of sp³-hybridized carbons (Fsp3) is 0.0769. The monoisotopic (exact) mass is 297 g/mol. The zero-order valence-corrected chi connectivity index (χ0v) is 11.2. The summed E-state index contributed by atoms with van der Waals surface area (Å²) in [4.78, 5) is 14.8. The van der Waals surface area contributed by atoms with Crippen LogP contribution < -0.4 is 0 Å². The number of nitrogens with zero attached hydrogens (tertiary/aromatic N) is 1. The Morgan fingerprint density at radius 1 is 1.37 bits per heavy atom. The minimum absolute atomic E-state index is 0.161. The standard InChI is InChI=1S/C13H9ClFNO2S/c14-10-2-1-9(11(15)6-10)7-19-12-5-8(13(17)18)3-4-16-12/h1-6H,7H2,(H,17,18). The number of thioether (sulfide) groups is 1. The van der Waals surface area contributed by atoms with Gasteiger partial charge in [0.25, 0.3) is 0 Å². The summed E-state index contributed by atoms with van der Waals surface area (Å²) >= 11 is 6.93. The van der Waals surface area contributed by atoms with Gasteiger partial charge >= 0.3 is 5.97 Å². The molecule has 0 saturated heterocycles. The van der Waals surface area contributed by atoms with Crippen LogP contribution in [0.15, 0.2) is 41.6 Å². The minimum atomic E-state index is -1.01. The zero-order valence-electron chi connectivity index (χ0n) is 9.64. The van der Waals surface area contributed by atoms with Gasteiger partial charge < -0.3 is 5.11 Å². The summed E-state index contributed by atoms with van der Waals surface area (Å²) in [7, 11) is 0. The number of benzene rings is 1. The molecule has 0 bridgehead atoms. The molecule has 1 N–H and O–H groups in total. The molecule has 19 heavy (non-hydrogen) atoms. The number of carboxylic acids is 1. The van der Waals surface area contributed by atoms with Crippen molar-refractivity contribution >= 4 is 29.3 Å². The van der Waals surface area contributed by atoms with E-state index in [0.717, 1.165) is 0 Å². The SMILES string of the molecule is O=C(O)c1ccnc(SCc2ccc(Cl)cc2F)c1. The third-order valence-corrected chi connectivity index (χ3v) is 3.58. The fourth-order valence-electron chi connectivity index (χ4n) is 1.41. The summed E-state index contributed by atoms with van der Waals surface area (Å²) in [5.41, 5.74) is 0.658. The molecule has 1 heterocycles. The number of pyridine rings is 1. The highest BCUT2D eigenvalue weighted by Crippen LogP contribution is 2.24. The number of hydrogen-bond acceptors (Lipinski definition) is 3. The summed E-state index contributed by atoms with van der Waals surface area (Å²) in [6, 6.07) is 7.34. The van der Waals surface area contributed by atoms with Crippen molar-refractivity contribution in [3.63, 3.8) is 0 Å². The highest BCUT2D eigenvalue weighted by molar-refractivity contribution is 7.98. The molecule has 6 heteroatoms. The van der Waals surface area contributed by atoms with Gasteiger partial charge in [-0.1, -0.05) is 17.7 Å². The molecule has 0 fully saturated rings. The molecule has 0 unspecified atom stereocenters.